The molecule has 0 unspecified atom stereocenters. The van der Waals surface area contributed by atoms with Gasteiger partial charge in [0.25, 0.3) is 0 Å². The number of aromatic amines is 2. The van der Waals surface area contributed by atoms with Crippen molar-refractivity contribution in [2.75, 3.05) is 53.4 Å². The van der Waals surface area contributed by atoms with Crippen LogP contribution in [0.25, 0.3) is 30.5 Å². The van der Waals surface area contributed by atoms with Gasteiger partial charge in [0.1, 0.15) is 6.29 Å². The number of rotatable bonds is 6. The second-order valence-electron chi connectivity index (χ2n) is 11.3. The van der Waals surface area contributed by atoms with Gasteiger partial charge in [-0.1, -0.05) is 54.4 Å². The zero-order chi connectivity index (χ0) is 39.1. The Morgan fingerprint density at radius 1 is 0.827 bits per heavy atom. The Balaban J connectivity index is 0.000000667. The fourth-order valence-electron chi connectivity index (χ4n) is 4.23. The van der Waals surface area contributed by atoms with E-state index in [0.29, 0.717) is 6.29 Å². The molecule has 2 saturated heterocycles. The number of fused-ring (bicyclic) bond motifs is 1. The molecule has 0 aromatic carbocycles. The number of aromatic nitrogens is 4. The average Bonchev–Trinajstić information content (AvgIpc) is 3.99. The number of hydrogen-bond acceptors (Lipinski definition) is 10. The molecule has 0 atom stereocenters. The minimum atomic E-state index is -0.586. The molecule has 52 heavy (non-hydrogen) atoms. The molecular formula is C37H62N8O5S2. The van der Waals surface area contributed by atoms with E-state index in [-0.39, 0.29) is 24.9 Å². The summed E-state index contributed by atoms with van der Waals surface area (Å²) in [4.78, 5) is 62.4. The van der Waals surface area contributed by atoms with Crippen LogP contribution >= 0.6 is 22.7 Å². The first kappa shape index (κ1) is 47.9. The van der Waals surface area contributed by atoms with Gasteiger partial charge in [0.05, 0.1) is 66.4 Å². The van der Waals surface area contributed by atoms with Crippen molar-refractivity contribution in [3.8, 4) is 21.1 Å². The first-order chi connectivity index (χ1) is 25.1. The molecule has 2 fully saturated rings. The van der Waals surface area contributed by atoms with E-state index in [0.717, 1.165) is 37.3 Å². The molecule has 0 saturated carbocycles. The largest absolute Gasteiger partial charge is 0.453 e. The lowest BCUT2D eigenvalue weighted by atomic mass is 10.3. The Morgan fingerprint density at radius 2 is 1.27 bits per heavy atom. The van der Waals surface area contributed by atoms with Crippen LogP contribution in [0.5, 0.6) is 0 Å². The third kappa shape index (κ3) is 20.7. The average molecular weight is 763 g/mol. The number of carbonyl (C=O) groups excluding carboxylic acids is 4. The fourth-order valence-corrected chi connectivity index (χ4v) is 6.58. The van der Waals surface area contributed by atoms with Crippen LogP contribution in [0.4, 0.5) is 4.79 Å². The molecule has 3 amide bonds. The van der Waals surface area contributed by atoms with Crippen molar-refractivity contribution < 1.29 is 23.9 Å². The van der Waals surface area contributed by atoms with Crippen LogP contribution in [0.3, 0.4) is 0 Å². The second-order valence-corrected chi connectivity index (χ2v) is 13.5. The Bertz CT molecular complexity index is 1360. The summed E-state index contributed by atoms with van der Waals surface area (Å²) in [7, 11) is 3.41. The maximum absolute atomic E-state index is 11.3. The third-order valence-electron chi connectivity index (χ3n) is 6.53. The molecule has 15 heteroatoms. The molecule has 2 aliphatic rings. The molecule has 6 heterocycles. The van der Waals surface area contributed by atoms with E-state index in [1.165, 1.54) is 72.0 Å². The summed E-state index contributed by atoms with van der Waals surface area (Å²) in [5.41, 5.74) is 2.15. The predicted molar refractivity (Wildman–Crippen MR) is 216 cm³/mol. The van der Waals surface area contributed by atoms with Gasteiger partial charge in [0.2, 0.25) is 11.8 Å². The quantitative estimate of drug-likeness (QED) is 0.146. The van der Waals surface area contributed by atoms with Gasteiger partial charge < -0.3 is 39.9 Å². The first-order valence-electron chi connectivity index (χ1n) is 18.1. The fraction of sp³-hybridized carbons (Fsp3) is 0.568. The van der Waals surface area contributed by atoms with Crippen molar-refractivity contribution >= 4 is 56.3 Å². The Labute approximate surface area is 318 Å². The van der Waals surface area contributed by atoms with Crippen LogP contribution in [-0.4, -0.2) is 107 Å². The van der Waals surface area contributed by atoms with E-state index in [4.69, 9.17) is 0 Å². The topological polar surface area (TPSA) is 165 Å². The molecule has 0 bridgehead atoms. The van der Waals surface area contributed by atoms with Crippen molar-refractivity contribution in [3.63, 3.8) is 0 Å². The van der Waals surface area contributed by atoms with Crippen LogP contribution in [0, 0.1) is 0 Å². The number of nitrogens with zero attached hydrogens (tertiary/aromatic N) is 4. The monoisotopic (exact) mass is 762 g/mol. The molecule has 292 valence electrons. The number of alkyl carbamates (subject to hydrolysis) is 1. The number of ether oxygens (including phenoxy) is 1. The molecular weight excluding hydrogens is 701 g/mol. The van der Waals surface area contributed by atoms with E-state index < -0.39 is 6.09 Å². The number of likely N-dealkylation sites (tertiary alicyclic amines) is 2. The van der Waals surface area contributed by atoms with Crippen LogP contribution in [0.2, 0.25) is 0 Å². The standard InChI is InChI=1S/C12H8N4S2.C8H14N2O2.C5H11N.C4H7NO3.2C3H8.C2H6/c1-9(7-3-13-5-15-7)17-12-2-10(18-11(1)12)8-4-14-6-16-8;1-7(11)9-6-8(12)10-4-2-3-5-10;1-6-4-2-3-5-6;1-8-4(7)5-2-3-6;2*1-3-2;1-2/h1-6H,(H,13,15)(H,14,16);2-6H2,1H3,(H,9,11);2-5H2,1H3;3H,2H2,1H3,(H,5,7);2*3H2,1-2H3;1-2H3. The molecule has 13 nitrogen and oxygen atoms in total. The van der Waals surface area contributed by atoms with Crippen molar-refractivity contribution in [2.24, 2.45) is 0 Å². The summed E-state index contributed by atoms with van der Waals surface area (Å²) in [6.45, 7) is 18.4. The maximum Gasteiger partial charge on any atom is 0.407 e. The number of imidazole rings is 2. The number of thiophene rings is 2. The Kier molecular flexibility index (Phi) is 28.1. The van der Waals surface area contributed by atoms with Crippen molar-refractivity contribution in [1.29, 1.82) is 0 Å². The van der Waals surface area contributed by atoms with E-state index in [2.05, 4.69) is 87.1 Å². The van der Waals surface area contributed by atoms with Crippen molar-refractivity contribution in [1.82, 2.24) is 40.4 Å². The molecule has 0 radical (unpaired) electrons. The van der Waals surface area contributed by atoms with Gasteiger partial charge in [-0.15, -0.1) is 22.7 Å². The lowest BCUT2D eigenvalue weighted by Crippen LogP contribution is -2.37. The number of amides is 3. The minimum Gasteiger partial charge on any atom is -0.453 e. The highest BCUT2D eigenvalue weighted by Crippen LogP contribution is 2.40. The first-order valence-corrected chi connectivity index (χ1v) is 19.7. The maximum atomic E-state index is 11.3. The summed E-state index contributed by atoms with van der Waals surface area (Å²) < 4.78 is 6.74. The summed E-state index contributed by atoms with van der Waals surface area (Å²) in [6, 6.07) is 4.41. The van der Waals surface area contributed by atoms with E-state index in [1.54, 1.807) is 40.2 Å². The van der Waals surface area contributed by atoms with Crippen LogP contribution in [-0.2, 0) is 19.1 Å². The highest BCUT2D eigenvalue weighted by molar-refractivity contribution is 7.31. The summed E-state index contributed by atoms with van der Waals surface area (Å²) in [5, 5.41) is 4.64. The van der Waals surface area contributed by atoms with Gasteiger partial charge in [-0.3, -0.25) is 9.59 Å². The number of carbonyl (C=O) groups is 4. The number of hydrogen-bond donors (Lipinski definition) is 4. The van der Waals surface area contributed by atoms with Crippen LogP contribution in [0.15, 0.2) is 37.2 Å². The van der Waals surface area contributed by atoms with Gasteiger partial charge in [-0.2, -0.15) is 0 Å². The summed E-state index contributed by atoms with van der Waals surface area (Å²) in [6.07, 6.45) is 14.6. The van der Waals surface area contributed by atoms with E-state index in [9.17, 15) is 19.2 Å². The van der Waals surface area contributed by atoms with Crippen LogP contribution < -0.4 is 10.6 Å². The Hall–Kier alpha value is -4.08. The van der Waals surface area contributed by atoms with E-state index in [1.807, 2.05) is 26.2 Å². The summed E-state index contributed by atoms with van der Waals surface area (Å²) >= 11 is 3.56. The lowest BCUT2D eigenvalue weighted by Gasteiger charge is -2.14. The number of H-pyrrole nitrogens is 2. The van der Waals surface area contributed by atoms with Gasteiger partial charge in [0.15, 0.2) is 0 Å². The van der Waals surface area contributed by atoms with Crippen molar-refractivity contribution in [3.05, 3.63) is 37.2 Å². The van der Waals surface area contributed by atoms with Gasteiger partial charge in [-0.05, 0) is 58.0 Å². The van der Waals surface area contributed by atoms with Gasteiger partial charge >= 0.3 is 6.09 Å². The second kappa shape index (κ2) is 30.5. The molecule has 4 N–H and O–H groups in total. The number of nitrogens with one attached hydrogen (secondary N) is 4. The Morgan fingerprint density at radius 3 is 1.60 bits per heavy atom. The van der Waals surface area contributed by atoms with Crippen molar-refractivity contribution in [2.45, 2.75) is 87.0 Å². The summed E-state index contributed by atoms with van der Waals surface area (Å²) in [5.74, 6) is -0.120. The highest BCUT2D eigenvalue weighted by atomic mass is 32.1. The molecule has 4 aromatic rings. The molecule has 4 aromatic heterocycles. The van der Waals surface area contributed by atoms with E-state index >= 15 is 0 Å². The van der Waals surface area contributed by atoms with Gasteiger partial charge in [-0.25, -0.2) is 14.8 Å². The highest BCUT2D eigenvalue weighted by Gasteiger charge is 2.17. The molecule has 0 spiro atoms. The minimum absolute atomic E-state index is 0.00662. The third-order valence-corrected chi connectivity index (χ3v) is 8.89. The zero-order valence-corrected chi connectivity index (χ0v) is 34.3. The smallest absolute Gasteiger partial charge is 0.407 e. The van der Waals surface area contributed by atoms with Gasteiger partial charge in [0, 0.05) is 29.4 Å². The number of aldehydes is 1. The normalized spacial score (nSPS) is 12.6. The number of methoxy groups -OCH3 is 1. The SMILES string of the molecule is CC.CC(=O)NCC(=O)N1CCCC1.CCC.CCC.CN1CCCC1.COC(=O)NCC=O.c1ncc(-c2cc3sc(-c4cnc[nH]4)cc3s2)[nH]1. The van der Waals surface area contributed by atoms with Crippen LogP contribution in [0.1, 0.15) is 87.0 Å². The molecule has 0 aliphatic carbocycles. The zero-order valence-electron chi connectivity index (χ0n) is 32.7. The predicted octanol–water partition coefficient (Wildman–Crippen LogP) is 7.60. The lowest BCUT2D eigenvalue weighted by molar-refractivity contribution is -0.131. The molecule has 6 rings (SSSR count). The molecule has 2 aliphatic heterocycles.